The zero-order valence-electron chi connectivity index (χ0n) is 29.9. The van der Waals surface area contributed by atoms with Crippen molar-refractivity contribution in [2.75, 3.05) is 19.8 Å². The van der Waals surface area contributed by atoms with Gasteiger partial charge in [0.25, 0.3) is 0 Å². The molecule has 3 aliphatic heterocycles. The van der Waals surface area contributed by atoms with Crippen molar-refractivity contribution in [3.05, 3.63) is 98.9 Å². The second kappa shape index (κ2) is 12.4. The first-order chi connectivity index (χ1) is 24.7. The molecule has 2 N–H and O–H groups in total. The van der Waals surface area contributed by atoms with Gasteiger partial charge >= 0.3 is 18.4 Å². The fourth-order valence-electron chi connectivity index (χ4n) is 8.42. The summed E-state index contributed by atoms with van der Waals surface area (Å²) in [4.78, 5) is 16.8. The van der Waals surface area contributed by atoms with Crippen molar-refractivity contribution in [1.82, 2.24) is 30.2 Å². The van der Waals surface area contributed by atoms with Crippen LogP contribution in [0, 0.1) is 0 Å². The summed E-state index contributed by atoms with van der Waals surface area (Å²) in [5.41, 5.74) is -5.01. The molecular weight excluding hydrogens is 708 g/mol. The van der Waals surface area contributed by atoms with Crippen molar-refractivity contribution < 1.29 is 39.9 Å². The molecule has 3 aromatic rings. The Morgan fingerprint density at radius 2 is 1.64 bits per heavy atom. The van der Waals surface area contributed by atoms with Crippen LogP contribution >= 0.6 is 0 Å². The molecule has 4 heterocycles. The third-order valence-electron chi connectivity index (χ3n) is 11.4. The summed E-state index contributed by atoms with van der Waals surface area (Å²) in [7, 11) is 0. The molecule has 2 unspecified atom stereocenters. The number of rotatable bonds is 6. The van der Waals surface area contributed by atoms with Crippen LogP contribution in [0.4, 0.5) is 39.9 Å². The molecule has 1 fully saturated rings. The monoisotopic (exact) mass is 748 g/mol. The molecule has 15 heteroatoms. The van der Waals surface area contributed by atoms with Gasteiger partial charge in [-0.3, -0.25) is 9.80 Å². The van der Waals surface area contributed by atoms with E-state index in [0.717, 1.165) is 43.6 Å². The number of allylic oxidation sites excluding steroid dienone is 2. The first-order valence-electron chi connectivity index (χ1n) is 17.6. The standard InChI is InChI=1S/C38H40F8N6O/c1-6-21-10-9-11-24-28-30(40)35(4,48-33(53)47-20-50-14-7-8-15-50)17-27(39)36(28,5)32-25-19-51(34(2,3)31(25)49-52(32)29(21)24)18-22-12-13-23(37(41,42)43)16-26(22)38(44,45)46/h9-13,16-17H,6-8,14-15,18-20H2,1-5H3,(H2,47,48,53). The van der Waals surface area contributed by atoms with Gasteiger partial charge in [0, 0.05) is 29.8 Å². The number of carbonyl (C=O) groups is 1. The van der Waals surface area contributed by atoms with Gasteiger partial charge in [-0.05, 0) is 89.4 Å². The first kappa shape index (κ1) is 37.1. The average molecular weight is 749 g/mol. The van der Waals surface area contributed by atoms with Crippen LogP contribution in [0.2, 0.25) is 0 Å². The molecule has 1 aliphatic carbocycles. The Hall–Kier alpha value is -4.24. The molecule has 0 spiro atoms. The Morgan fingerprint density at radius 3 is 2.28 bits per heavy atom. The van der Waals surface area contributed by atoms with E-state index in [-0.39, 0.29) is 30.4 Å². The lowest BCUT2D eigenvalue weighted by atomic mass is 9.65. The van der Waals surface area contributed by atoms with Gasteiger partial charge in [0.1, 0.15) is 17.2 Å². The molecule has 1 aromatic heterocycles. The predicted molar refractivity (Wildman–Crippen MR) is 182 cm³/mol. The number of amides is 2. The number of nitrogens with one attached hydrogen (secondary N) is 2. The molecule has 0 saturated carbocycles. The highest BCUT2D eigenvalue weighted by Crippen LogP contribution is 2.59. The molecule has 2 atom stereocenters. The van der Waals surface area contributed by atoms with E-state index in [1.54, 1.807) is 35.6 Å². The number of halogens is 8. The largest absolute Gasteiger partial charge is 0.416 e. The Labute approximate surface area is 301 Å². The van der Waals surface area contributed by atoms with Crippen LogP contribution in [0.1, 0.15) is 92.2 Å². The Morgan fingerprint density at radius 1 is 0.943 bits per heavy atom. The number of aromatic nitrogens is 2. The summed E-state index contributed by atoms with van der Waals surface area (Å²) in [6.07, 6.45) is -6.47. The van der Waals surface area contributed by atoms with E-state index >= 15 is 8.78 Å². The van der Waals surface area contributed by atoms with Crippen molar-refractivity contribution in [1.29, 1.82) is 0 Å². The third-order valence-corrected chi connectivity index (χ3v) is 11.4. The van der Waals surface area contributed by atoms with Crippen LogP contribution < -0.4 is 10.6 Å². The normalized spacial score (nSPS) is 24.1. The number of likely N-dealkylation sites (tertiary alicyclic amines) is 1. The zero-order chi connectivity index (χ0) is 38.5. The number of nitrogens with zero attached hydrogens (tertiary/aromatic N) is 4. The van der Waals surface area contributed by atoms with Gasteiger partial charge < -0.3 is 10.6 Å². The van der Waals surface area contributed by atoms with Crippen LogP contribution in [-0.2, 0) is 42.8 Å². The topological polar surface area (TPSA) is 65.4 Å². The molecule has 1 saturated heterocycles. The molecule has 2 amide bonds. The number of hydrogen-bond acceptors (Lipinski definition) is 4. The fraction of sp³-hybridized carbons (Fsp3) is 0.474. The maximum absolute atomic E-state index is 17.3. The lowest BCUT2D eigenvalue weighted by Gasteiger charge is -2.44. The van der Waals surface area contributed by atoms with Crippen molar-refractivity contribution in [3.8, 4) is 5.69 Å². The van der Waals surface area contributed by atoms with Crippen molar-refractivity contribution in [2.24, 2.45) is 0 Å². The minimum absolute atomic E-state index is 0.00121. The van der Waals surface area contributed by atoms with Crippen LogP contribution in [-0.4, -0.2) is 50.9 Å². The van der Waals surface area contributed by atoms with E-state index in [9.17, 15) is 31.1 Å². The molecule has 53 heavy (non-hydrogen) atoms. The Bertz CT molecular complexity index is 2060. The van der Waals surface area contributed by atoms with Gasteiger partial charge in [0.15, 0.2) is 0 Å². The van der Waals surface area contributed by atoms with Crippen molar-refractivity contribution in [3.63, 3.8) is 0 Å². The Kier molecular flexibility index (Phi) is 8.68. The van der Waals surface area contributed by atoms with Gasteiger partial charge in [-0.2, -0.15) is 31.4 Å². The molecule has 2 aromatic carbocycles. The number of benzene rings is 2. The van der Waals surface area contributed by atoms with Crippen LogP contribution in [0.5, 0.6) is 0 Å². The number of para-hydroxylation sites is 1. The van der Waals surface area contributed by atoms with Crippen molar-refractivity contribution in [2.45, 2.75) is 95.8 Å². The molecular formula is C38H40F8N6O. The van der Waals surface area contributed by atoms with Crippen LogP contribution in [0.3, 0.4) is 0 Å². The lowest BCUT2D eigenvalue weighted by Crippen LogP contribution is -2.54. The van der Waals surface area contributed by atoms with Gasteiger partial charge in [0.05, 0.1) is 45.8 Å². The van der Waals surface area contributed by atoms with Crippen molar-refractivity contribution >= 4 is 11.6 Å². The maximum atomic E-state index is 17.3. The molecule has 0 radical (unpaired) electrons. The maximum Gasteiger partial charge on any atom is 0.416 e. The molecule has 4 aliphatic rings. The quantitative estimate of drug-likeness (QED) is 0.248. The predicted octanol–water partition coefficient (Wildman–Crippen LogP) is 8.65. The van der Waals surface area contributed by atoms with E-state index in [1.807, 2.05) is 17.9 Å². The number of carbonyl (C=O) groups excluding carboxylic acids is 1. The molecule has 7 rings (SSSR count). The number of aryl methyl sites for hydroxylation is 1. The summed E-state index contributed by atoms with van der Waals surface area (Å²) < 4.78 is 119. The minimum Gasteiger partial charge on any atom is -0.325 e. The second-order valence-electron chi connectivity index (χ2n) is 15.2. The summed E-state index contributed by atoms with van der Waals surface area (Å²) in [5.74, 6) is -1.53. The van der Waals surface area contributed by atoms with Gasteiger partial charge in [0.2, 0.25) is 0 Å². The Balaban J connectivity index is 1.32. The third kappa shape index (κ3) is 5.85. The SMILES string of the molecule is CCc1cccc2c1-n1nc3c(c1C1(C)C(F)=CC(C)(NC(=O)NCN4CCCC4)C(F)=C21)CN(Cc1ccc(C(F)(F)F)cc1C(F)(F)F)C3(C)C. The number of hydrogen-bond donors (Lipinski definition) is 2. The lowest BCUT2D eigenvalue weighted by molar-refractivity contribution is -0.143. The smallest absolute Gasteiger partial charge is 0.325 e. The molecule has 284 valence electrons. The highest BCUT2D eigenvalue weighted by molar-refractivity contribution is 5.90. The average Bonchev–Trinajstić information content (AvgIpc) is 3.79. The minimum atomic E-state index is -5.07. The highest BCUT2D eigenvalue weighted by Gasteiger charge is 2.57. The zero-order valence-corrected chi connectivity index (χ0v) is 29.9. The van der Waals surface area contributed by atoms with Crippen LogP contribution in [0.15, 0.2) is 54.1 Å². The molecule has 0 bridgehead atoms. The highest BCUT2D eigenvalue weighted by atomic mass is 19.4. The van der Waals surface area contributed by atoms with E-state index < -0.39 is 64.2 Å². The van der Waals surface area contributed by atoms with E-state index in [0.29, 0.717) is 40.7 Å². The van der Waals surface area contributed by atoms with E-state index in [4.69, 9.17) is 5.10 Å². The summed E-state index contributed by atoms with van der Waals surface area (Å²) in [6.45, 7) is 9.74. The first-order valence-corrected chi connectivity index (χ1v) is 17.6. The summed E-state index contributed by atoms with van der Waals surface area (Å²) in [6, 6.07) is 6.19. The van der Waals surface area contributed by atoms with Gasteiger partial charge in [-0.1, -0.05) is 31.2 Å². The van der Waals surface area contributed by atoms with Gasteiger partial charge in [-0.25, -0.2) is 18.3 Å². The van der Waals surface area contributed by atoms with E-state index in [2.05, 4.69) is 10.6 Å². The second-order valence-corrected chi connectivity index (χ2v) is 15.2. The van der Waals surface area contributed by atoms with Crippen LogP contribution in [0.25, 0.3) is 11.3 Å². The molecule has 7 nitrogen and oxygen atoms in total. The van der Waals surface area contributed by atoms with Gasteiger partial charge in [-0.15, -0.1) is 0 Å². The number of alkyl halides is 6. The summed E-state index contributed by atoms with van der Waals surface area (Å²) in [5, 5.41) is 10.3. The van der Waals surface area contributed by atoms with E-state index in [1.165, 1.54) is 13.8 Å². The number of urea groups is 1. The fourth-order valence-corrected chi connectivity index (χ4v) is 8.42. The number of fused-ring (bicyclic) bond motifs is 8. The summed E-state index contributed by atoms with van der Waals surface area (Å²) >= 11 is 0.